The normalized spacial score (nSPS) is 17.5. The standard InChI is InChI=1S/C26H32F3N5O/c1-17(18-5-6-20(21(27)13-18)15-33-11-9-26(28,29)10-12-33)31-24-30-14-19-7-8-22(35)34(23(19)32-24)16-25(2,3)4/h5-8,13-14,17H,9-12,15-16H2,1-4H3,(H,30,31,32)/t17-/m0/s1. The van der Waals surface area contributed by atoms with Crippen molar-refractivity contribution in [3.05, 3.63) is 63.8 Å². The number of aromatic nitrogens is 3. The predicted octanol–water partition coefficient (Wildman–Crippen LogP) is 5.38. The van der Waals surface area contributed by atoms with E-state index in [2.05, 4.69) is 36.1 Å². The maximum absolute atomic E-state index is 14.8. The Morgan fingerprint density at radius 3 is 2.51 bits per heavy atom. The van der Waals surface area contributed by atoms with E-state index in [1.807, 2.05) is 17.9 Å². The average Bonchev–Trinajstić information content (AvgIpc) is 2.77. The zero-order valence-corrected chi connectivity index (χ0v) is 20.6. The van der Waals surface area contributed by atoms with Gasteiger partial charge < -0.3 is 5.32 Å². The van der Waals surface area contributed by atoms with Gasteiger partial charge in [-0.15, -0.1) is 0 Å². The van der Waals surface area contributed by atoms with Crippen LogP contribution in [-0.4, -0.2) is 38.4 Å². The van der Waals surface area contributed by atoms with Gasteiger partial charge in [0.05, 0.1) is 6.04 Å². The fraction of sp³-hybridized carbons (Fsp3) is 0.500. The maximum atomic E-state index is 14.8. The summed E-state index contributed by atoms with van der Waals surface area (Å²) in [6, 6.07) is 7.93. The van der Waals surface area contributed by atoms with Crippen LogP contribution in [0.1, 0.15) is 57.7 Å². The molecule has 0 aliphatic carbocycles. The summed E-state index contributed by atoms with van der Waals surface area (Å²) >= 11 is 0. The molecule has 188 valence electrons. The lowest BCUT2D eigenvalue weighted by atomic mass is 9.97. The predicted molar refractivity (Wildman–Crippen MR) is 131 cm³/mol. The van der Waals surface area contributed by atoms with Crippen LogP contribution in [0.25, 0.3) is 11.0 Å². The summed E-state index contributed by atoms with van der Waals surface area (Å²) in [6.45, 7) is 9.37. The van der Waals surface area contributed by atoms with Crippen LogP contribution in [0, 0.1) is 11.2 Å². The van der Waals surface area contributed by atoms with Gasteiger partial charge in [0.2, 0.25) is 5.95 Å². The number of nitrogens with one attached hydrogen (secondary N) is 1. The molecule has 0 bridgehead atoms. The summed E-state index contributed by atoms with van der Waals surface area (Å²) in [6.07, 6.45) is 1.29. The molecule has 0 saturated carbocycles. The van der Waals surface area contributed by atoms with Gasteiger partial charge in [0.25, 0.3) is 11.5 Å². The van der Waals surface area contributed by atoms with Crippen molar-refractivity contribution in [1.82, 2.24) is 19.4 Å². The second kappa shape index (κ2) is 9.60. The summed E-state index contributed by atoms with van der Waals surface area (Å²) in [4.78, 5) is 23.3. The minimum absolute atomic E-state index is 0.113. The highest BCUT2D eigenvalue weighted by Gasteiger charge is 2.34. The number of hydrogen-bond acceptors (Lipinski definition) is 5. The Hall–Kier alpha value is -2.94. The van der Waals surface area contributed by atoms with Gasteiger partial charge in [-0.1, -0.05) is 32.9 Å². The number of piperidine rings is 1. The van der Waals surface area contributed by atoms with Gasteiger partial charge in [-0.05, 0) is 30.0 Å². The lowest BCUT2D eigenvalue weighted by molar-refractivity contribution is -0.0567. The van der Waals surface area contributed by atoms with E-state index in [0.29, 0.717) is 35.8 Å². The highest BCUT2D eigenvalue weighted by atomic mass is 19.3. The molecular weight excluding hydrogens is 455 g/mol. The number of fused-ring (bicyclic) bond motifs is 1. The second-order valence-corrected chi connectivity index (χ2v) is 10.6. The van der Waals surface area contributed by atoms with E-state index in [1.54, 1.807) is 22.9 Å². The molecule has 9 heteroatoms. The first kappa shape index (κ1) is 25.2. The Balaban J connectivity index is 1.50. The van der Waals surface area contributed by atoms with Crippen molar-refractivity contribution in [2.45, 2.75) is 65.6 Å². The van der Waals surface area contributed by atoms with Crippen molar-refractivity contribution < 1.29 is 13.2 Å². The Kier molecular flexibility index (Phi) is 6.90. The van der Waals surface area contributed by atoms with E-state index in [9.17, 15) is 18.0 Å². The van der Waals surface area contributed by atoms with E-state index in [1.165, 1.54) is 12.1 Å². The highest BCUT2D eigenvalue weighted by Crippen LogP contribution is 2.29. The highest BCUT2D eigenvalue weighted by molar-refractivity contribution is 5.75. The van der Waals surface area contributed by atoms with Gasteiger partial charge in [0.1, 0.15) is 11.5 Å². The largest absolute Gasteiger partial charge is 0.348 e. The van der Waals surface area contributed by atoms with E-state index in [-0.39, 0.29) is 48.8 Å². The summed E-state index contributed by atoms with van der Waals surface area (Å²) in [5.74, 6) is -2.64. The SMILES string of the molecule is C[C@H](Nc1ncc2ccc(=O)n(CC(C)(C)C)c2n1)c1ccc(CN2CCC(F)(F)CC2)c(F)c1. The van der Waals surface area contributed by atoms with Crippen molar-refractivity contribution in [1.29, 1.82) is 0 Å². The van der Waals surface area contributed by atoms with Gasteiger partial charge in [-0.2, -0.15) is 4.98 Å². The second-order valence-electron chi connectivity index (χ2n) is 10.6. The third-order valence-electron chi connectivity index (χ3n) is 6.26. The molecule has 1 aliphatic rings. The van der Waals surface area contributed by atoms with Crippen molar-refractivity contribution in [2.75, 3.05) is 18.4 Å². The fourth-order valence-electron chi connectivity index (χ4n) is 4.29. The number of hydrogen-bond donors (Lipinski definition) is 1. The topological polar surface area (TPSA) is 63.1 Å². The van der Waals surface area contributed by atoms with E-state index in [0.717, 1.165) is 5.39 Å². The smallest absolute Gasteiger partial charge is 0.252 e. The molecule has 1 saturated heterocycles. The molecular formula is C26H32F3N5O. The van der Waals surface area contributed by atoms with Crippen LogP contribution in [0.3, 0.4) is 0 Å². The number of halogens is 3. The van der Waals surface area contributed by atoms with Crippen LogP contribution in [0.4, 0.5) is 19.1 Å². The minimum atomic E-state index is -2.62. The third-order valence-corrected chi connectivity index (χ3v) is 6.26. The number of rotatable bonds is 6. The number of alkyl halides is 2. The van der Waals surface area contributed by atoms with Crippen LogP contribution < -0.4 is 10.9 Å². The molecule has 1 atom stereocenters. The van der Waals surface area contributed by atoms with Crippen LogP contribution in [0.5, 0.6) is 0 Å². The van der Waals surface area contributed by atoms with Crippen LogP contribution in [0.15, 0.2) is 41.3 Å². The molecule has 3 heterocycles. The molecule has 6 nitrogen and oxygen atoms in total. The van der Waals surface area contributed by atoms with Crippen LogP contribution in [0.2, 0.25) is 0 Å². The molecule has 4 rings (SSSR count). The van der Waals surface area contributed by atoms with E-state index >= 15 is 0 Å². The van der Waals surface area contributed by atoms with Gasteiger partial charge in [0, 0.05) is 62.2 Å². The molecule has 0 amide bonds. The van der Waals surface area contributed by atoms with Gasteiger partial charge >= 0.3 is 0 Å². The molecule has 35 heavy (non-hydrogen) atoms. The number of nitrogens with zero attached hydrogens (tertiary/aromatic N) is 4. The number of pyridine rings is 1. The number of benzene rings is 1. The molecule has 1 aliphatic heterocycles. The zero-order chi connectivity index (χ0) is 25.4. The first-order valence-corrected chi connectivity index (χ1v) is 11.9. The van der Waals surface area contributed by atoms with Gasteiger partial charge in [-0.25, -0.2) is 18.2 Å². The Morgan fingerprint density at radius 2 is 1.86 bits per heavy atom. The number of likely N-dealkylation sites (tertiary alicyclic amines) is 1. The molecule has 1 aromatic carbocycles. The monoisotopic (exact) mass is 487 g/mol. The molecule has 0 spiro atoms. The van der Waals surface area contributed by atoms with E-state index < -0.39 is 5.92 Å². The zero-order valence-electron chi connectivity index (χ0n) is 20.6. The molecule has 1 fully saturated rings. The van der Waals surface area contributed by atoms with Crippen molar-refractivity contribution in [3.63, 3.8) is 0 Å². The molecule has 0 radical (unpaired) electrons. The van der Waals surface area contributed by atoms with Crippen molar-refractivity contribution in [2.24, 2.45) is 5.41 Å². The van der Waals surface area contributed by atoms with Crippen molar-refractivity contribution >= 4 is 17.0 Å². The maximum Gasteiger partial charge on any atom is 0.252 e. The number of anilines is 1. The van der Waals surface area contributed by atoms with Gasteiger partial charge in [-0.3, -0.25) is 14.3 Å². The lowest BCUT2D eigenvalue weighted by Gasteiger charge is -2.31. The minimum Gasteiger partial charge on any atom is -0.348 e. The average molecular weight is 488 g/mol. The van der Waals surface area contributed by atoms with E-state index in [4.69, 9.17) is 0 Å². The van der Waals surface area contributed by atoms with Crippen molar-refractivity contribution in [3.8, 4) is 0 Å². The fourth-order valence-corrected chi connectivity index (χ4v) is 4.29. The first-order valence-electron chi connectivity index (χ1n) is 11.9. The molecule has 1 N–H and O–H groups in total. The first-order chi connectivity index (χ1) is 16.4. The summed E-state index contributed by atoms with van der Waals surface area (Å²) in [7, 11) is 0. The third kappa shape index (κ3) is 6.20. The van der Waals surface area contributed by atoms with Gasteiger partial charge in [0.15, 0.2) is 0 Å². The molecule has 3 aromatic rings. The molecule has 0 unspecified atom stereocenters. The Labute approximate surface area is 203 Å². The quantitative estimate of drug-likeness (QED) is 0.506. The Bertz CT molecular complexity index is 1260. The molecule has 2 aromatic heterocycles. The lowest BCUT2D eigenvalue weighted by Crippen LogP contribution is -2.39. The Morgan fingerprint density at radius 1 is 1.14 bits per heavy atom. The summed E-state index contributed by atoms with van der Waals surface area (Å²) < 4.78 is 43.3. The summed E-state index contributed by atoms with van der Waals surface area (Å²) in [5, 5.41) is 3.96. The van der Waals surface area contributed by atoms with Crippen LogP contribution >= 0.6 is 0 Å². The van der Waals surface area contributed by atoms with Crippen LogP contribution in [-0.2, 0) is 13.1 Å². The summed E-state index contributed by atoms with van der Waals surface area (Å²) in [5.41, 5.74) is 1.50.